The fraction of sp³-hybridized carbons (Fsp3) is 0.364. The number of rotatable bonds is 7. The van der Waals surface area contributed by atoms with Gasteiger partial charge < -0.3 is 19.9 Å². The van der Waals surface area contributed by atoms with E-state index in [1.165, 1.54) is 6.07 Å². The lowest BCUT2D eigenvalue weighted by molar-refractivity contribution is -0.138. The number of anilines is 1. The molecule has 6 nitrogen and oxygen atoms in total. The Balaban J connectivity index is 1.37. The van der Waals surface area contributed by atoms with Crippen LogP contribution in [0.4, 0.5) is 10.1 Å². The van der Waals surface area contributed by atoms with E-state index in [1.807, 2.05) is 42.2 Å². The van der Waals surface area contributed by atoms with Crippen LogP contribution < -0.4 is 10.2 Å². The first-order valence-electron chi connectivity index (χ1n) is 9.74. The molecule has 0 saturated carbocycles. The summed E-state index contributed by atoms with van der Waals surface area (Å²) in [6.07, 6.45) is 0. The third-order valence-corrected chi connectivity index (χ3v) is 4.96. The summed E-state index contributed by atoms with van der Waals surface area (Å²) in [5, 5.41) is 2.85. The minimum atomic E-state index is -0.265. The highest BCUT2D eigenvalue weighted by Gasteiger charge is 2.23. The molecule has 0 bridgehead atoms. The lowest BCUT2D eigenvalue weighted by atomic mass is 10.1. The van der Waals surface area contributed by atoms with Crippen molar-refractivity contribution < 1.29 is 18.7 Å². The van der Waals surface area contributed by atoms with E-state index in [1.54, 1.807) is 23.1 Å². The van der Waals surface area contributed by atoms with E-state index in [9.17, 15) is 14.0 Å². The first-order valence-corrected chi connectivity index (χ1v) is 9.74. The van der Waals surface area contributed by atoms with Crippen molar-refractivity contribution >= 4 is 17.5 Å². The quantitative estimate of drug-likeness (QED) is 0.777. The van der Waals surface area contributed by atoms with Crippen molar-refractivity contribution in [1.82, 2.24) is 10.2 Å². The van der Waals surface area contributed by atoms with Gasteiger partial charge in [0.15, 0.2) is 0 Å². The lowest BCUT2D eigenvalue weighted by Gasteiger charge is -2.36. The summed E-state index contributed by atoms with van der Waals surface area (Å²) >= 11 is 0. The molecule has 1 heterocycles. The summed E-state index contributed by atoms with van der Waals surface area (Å²) in [4.78, 5) is 27.9. The van der Waals surface area contributed by atoms with Gasteiger partial charge in [-0.05, 0) is 24.6 Å². The van der Waals surface area contributed by atoms with Gasteiger partial charge in [0.1, 0.15) is 19.0 Å². The Labute approximate surface area is 170 Å². The number of halogens is 1. The predicted molar refractivity (Wildman–Crippen MR) is 109 cm³/mol. The van der Waals surface area contributed by atoms with Crippen molar-refractivity contribution in [2.45, 2.75) is 13.0 Å². The molecule has 0 aromatic heterocycles. The molecule has 1 aliphatic heterocycles. The summed E-state index contributed by atoms with van der Waals surface area (Å²) in [6, 6.07) is 16.1. The Morgan fingerprint density at radius 2 is 1.66 bits per heavy atom. The molecule has 0 spiro atoms. The maximum atomic E-state index is 13.9. The molecule has 1 N–H and O–H groups in total. The van der Waals surface area contributed by atoms with E-state index < -0.39 is 0 Å². The minimum absolute atomic E-state index is 0.130. The average molecular weight is 399 g/mol. The van der Waals surface area contributed by atoms with Crippen LogP contribution in [0.1, 0.15) is 18.5 Å². The van der Waals surface area contributed by atoms with E-state index >= 15 is 0 Å². The first kappa shape index (κ1) is 20.8. The molecule has 1 saturated heterocycles. The van der Waals surface area contributed by atoms with Gasteiger partial charge in [-0.15, -0.1) is 0 Å². The number of benzene rings is 2. The smallest absolute Gasteiger partial charge is 0.248 e. The Morgan fingerprint density at radius 3 is 2.34 bits per heavy atom. The molecule has 2 amide bonds. The van der Waals surface area contributed by atoms with E-state index in [4.69, 9.17) is 4.74 Å². The molecule has 0 aliphatic carbocycles. The predicted octanol–water partition coefficient (Wildman–Crippen LogP) is 2.37. The fourth-order valence-corrected chi connectivity index (χ4v) is 3.34. The normalized spacial score (nSPS) is 15.1. The van der Waals surface area contributed by atoms with Crippen LogP contribution in [-0.2, 0) is 14.3 Å². The molecule has 29 heavy (non-hydrogen) atoms. The Hall–Kier alpha value is -2.93. The summed E-state index contributed by atoms with van der Waals surface area (Å²) in [5.74, 6) is -0.688. The van der Waals surface area contributed by atoms with Gasteiger partial charge >= 0.3 is 0 Å². The highest BCUT2D eigenvalue weighted by atomic mass is 19.1. The zero-order chi connectivity index (χ0) is 20.6. The Bertz CT molecular complexity index is 823. The number of ether oxygens (including phenoxy) is 1. The summed E-state index contributed by atoms with van der Waals surface area (Å²) in [5.41, 5.74) is 1.56. The van der Waals surface area contributed by atoms with Crippen LogP contribution in [0.2, 0.25) is 0 Å². The first-order chi connectivity index (χ1) is 14.0. The summed E-state index contributed by atoms with van der Waals surface area (Å²) < 4.78 is 19.2. The Kier molecular flexibility index (Phi) is 7.19. The van der Waals surface area contributed by atoms with Gasteiger partial charge in [0.2, 0.25) is 11.8 Å². The van der Waals surface area contributed by atoms with Crippen molar-refractivity contribution in [1.29, 1.82) is 0 Å². The van der Waals surface area contributed by atoms with Crippen molar-refractivity contribution in [3.63, 3.8) is 0 Å². The molecule has 1 atom stereocenters. The van der Waals surface area contributed by atoms with Crippen LogP contribution in [0.15, 0.2) is 54.6 Å². The van der Waals surface area contributed by atoms with Crippen molar-refractivity contribution in [2.75, 3.05) is 44.3 Å². The second kappa shape index (κ2) is 10.0. The van der Waals surface area contributed by atoms with Gasteiger partial charge in [-0.3, -0.25) is 9.59 Å². The number of nitrogens with one attached hydrogen (secondary N) is 1. The molecule has 2 aromatic carbocycles. The second-order valence-electron chi connectivity index (χ2n) is 7.01. The maximum Gasteiger partial charge on any atom is 0.248 e. The topological polar surface area (TPSA) is 61.9 Å². The molecule has 3 rings (SSSR count). The van der Waals surface area contributed by atoms with Gasteiger partial charge in [0, 0.05) is 26.2 Å². The van der Waals surface area contributed by atoms with E-state index in [0.717, 1.165) is 5.56 Å². The summed E-state index contributed by atoms with van der Waals surface area (Å²) in [6.45, 7) is 3.68. The van der Waals surface area contributed by atoms with Crippen molar-refractivity contribution in [2.24, 2.45) is 0 Å². The van der Waals surface area contributed by atoms with Gasteiger partial charge in [0.05, 0.1) is 11.7 Å². The molecule has 0 unspecified atom stereocenters. The van der Waals surface area contributed by atoms with Crippen molar-refractivity contribution in [3.05, 3.63) is 66.0 Å². The van der Waals surface area contributed by atoms with Gasteiger partial charge in [-0.1, -0.05) is 42.5 Å². The number of hydrogen-bond acceptors (Lipinski definition) is 4. The van der Waals surface area contributed by atoms with Crippen molar-refractivity contribution in [3.8, 4) is 0 Å². The van der Waals surface area contributed by atoms with E-state index in [-0.39, 0.29) is 36.9 Å². The van der Waals surface area contributed by atoms with E-state index in [0.29, 0.717) is 31.9 Å². The highest BCUT2D eigenvalue weighted by Crippen LogP contribution is 2.20. The monoisotopic (exact) mass is 399 g/mol. The highest BCUT2D eigenvalue weighted by molar-refractivity contribution is 5.80. The molecule has 1 aliphatic rings. The number of carbonyl (C=O) groups excluding carboxylic acids is 2. The zero-order valence-electron chi connectivity index (χ0n) is 16.5. The van der Waals surface area contributed by atoms with Crippen LogP contribution in [0, 0.1) is 5.82 Å². The molecule has 2 aromatic rings. The standard InChI is InChI=1S/C22H26FN3O3/c1-17(18-7-3-2-4-8-18)24-21(27)15-29-16-22(28)26-13-11-25(12-14-26)20-10-6-5-9-19(20)23/h2-10,17H,11-16H2,1H3,(H,24,27)/t17-/m0/s1. The zero-order valence-corrected chi connectivity index (χ0v) is 16.5. The number of carbonyl (C=O) groups is 2. The van der Waals surface area contributed by atoms with Crippen LogP contribution in [0.5, 0.6) is 0 Å². The maximum absolute atomic E-state index is 13.9. The minimum Gasteiger partial charge on any atom is -0.366 e. The fourth-order valence-electron chi connectivity index (χ4n) is 3.34. The second-order valence-corrected chi connectivity index (χ2v) is 7.01. The Morgan fingerprint density at radius 1 is 1.00 bits per heavy atom. The largest absolute Gasteiger partial charge is 0.366 e. The van der Waals surface area contributed by atoms with Crippen LogP contribution in [0.25, 0.3) is 0 Å². The van der Waals surface area contributed by atoms with E-state index in [2.05, 4.69) is 5.32 Å². The molecular formula is C22H26FN3O3. The number of hydrogen-bond donors (Lipinski definition) is 1. The summed E-state index contributed by atoms with van der Waals surface area (Å²) in [7, 11) is 0. The number of para-hydroxylation sites is 1. The van der Waals surface area contributed by atoms with Crippen LogP contribution in [0.3, 0.4) is 0 Å². The molecule has 154 valence electrons. The third-order valence-electron chi connectivity index (χ3n) is 4.96. The lowest BCUT2D eigenvalue weighted by Crippen LogP contribution is -2.50. The number of piperazine rings is 1. The average Bonchev–Trinajstić information content (AvgIpc) is 2.75. The third kappa shape index (κ3) is 5.77. The number of nitrogens with zero attached hydrogens (tertiary/aromatic N) is 2. The molecule has 7 heteroatoms. The molecular weight excluding hydrogens is 373 g/mol. The van der Waals surface area contributed by atoms with Gasteiger partial charge in [-0.25, -0.2) is 4.39 Å². The molecule has 0 radical (unpaired) electrons. The molecule has 1 fully saturated rings. The van der Waals surface area contributed by atoms with Crippen LogP contribution >= 0.6 is 0 Å². The van der Waals surface area contributed by atoms with Gasteiger partial charge in [-0.2, -0.15) is 0 Å². The number of amides is 2. The van der Waals surface area contributed by atoms with Gasteiger partial charge in [0.25, 0.3) is 0 Å². The van der Waals surface area contributed by atoms with Crippen LogP contribution in [-0.4, -0.2) is 56.1 Å². The SMILES string of the molecule is C[C@H](NC(=O)COCC(=O)N1CCN(c2ccccc2F)CC1)c1ccccc1.